The predicted molar refractivity (Wildman–Crippen MR) is 255 cm³/mol. The van der Waals surface area contributed by atoms with Gasteiger partial charge in [0.25, 0.3) is 5.91 Å². The van der Waals surface area contributed by atoms with E-state index in [0.29, 0.717) is 70.3 Å². The molecule has 0 saturated carbocycles. The van der Waals surface area contributed by atoms with Gasteiger partial charge in [-0.3, -0.25) is 34.2 Å². The molecular formula is C51H69N9O6. The minimum absolute atomic E-state index is 0.0305. The highest BCUT2D eigenvalue weighted by molar-refractivity contribution is 5.96. The summed E-state index contributed by atoms with van der Waals surface area (Å²) in [5, 5.41) is 5.64. The summed E-state index contributed by atoms with van der Waals surface area (Å²) in [5.41, 5.74) is 10.4. The van der Waals surface area contributed by atoms with Crippen LogP contribution in [0.15, 0.2) is 54.7 Å². The zero-order chi connectivity index (χ0) is 47.4. The molecule has 0 unspecified atom stereocenters. The number of carbonyl (C=O) groups excluding carboxylic acids is 5. The normalized spacial score (nSPS) is 20.2. The smallest absolute Gasteiger partial charge is 0.321 e. The lowest BCUT2D eigenvalue weighted by atomic mass is 9.79. The van der Waals surface area contributed by atoms with Crippen molar-refractivity contribution >= 4 is 40.4 Å². The number of hydrogen-bond acceptors (Lipinski definition) is 9. The van der Waals surface area contributed by atoms with Gasteiger partial charge in [-0.2, -0.15) is 0 Å². The number of ketones is 1. The van der Waals surface area contributed by atoms with Crippen LogP contribution in [0.1, 0.15) is 110 Å². The van der Waals surface area contributed by atoms with E-state index in [-0.39, 0.29) is 54.2 Å². The summed E-state index contributed by atoms with van der Waals surface area (Å²) in [7, 11) is 3.30. The molecule has 354 valence electrons. The Bertz CT molecular complexity index is 2450. The summed E-state index contributed by atoms with van der Waals surface area (Å²) >= 11 is 0. The van der Waals surface area contributed by atoms with Gasteiger partial charge >= 0.3 is 6.03 Å². The zero-order valence-electron chi connectivity index (χ0n) is 40.4. The van der Waals surface area contributed by atoms with Crippen molar-refractivity contribution in [1.29, 1.82) is 0 Å². The molecule has 3 aromatic heterocycles. The Hall–Kier alpha value is -5.67. The number of Topliss-reactive ketones (excluding diaryl/α,β-unsaturated/α-hetero) is 1. The molecule has 5 amide bonds. The van der Waals surface area contributed by atoms with Crippen molar-refractivity contribution in [2.24, 2.45) is 11.3 Å². The molecule has 2 fully saturated rings. The summed E-state index contributed by atoms with van der Waals surface area (Å²) in [6.45, 7) is 16.4. The number of fused-ring (bicyclic) bond motifs is 6. The zero-order valence-corrected chi connectivity index (χ0v) is 40.4. The fourth-order valence-electron chi connectivity index (χ4n) is 10.1. The standard InChI is InChI=1S/C51H69N9O6/c1-10-44(62)57-25-15-26-58(31-57)50(65)56(8)46(32(3)4)48(63)54-41-29-35-16-12-18-39(53-35)34-20-21-42-37(28-34)38(47(59(42)11-2)36-17-13-24-52-45(36)33(5)66-9)30-51(6,7)23-22-43(61)40-19-14-27-60(55-40)49(41)64/h12-13,16-18,20-21,24,28,32-33,40-41,46,55H,10-11,14-15,19,22-23,25-27,29-31H2,1-9H3,(H,54,63)/t33-,40-,41-,46-/m0/s1. The Morgan fingerprint density at radius 3 is 2.50 bits per heavy atom. The van der Waals surface area contributed by atoms with E-state index in [1.54, 1.807) is 30.9 Å². The van der Waals surface area contributed by atoms with E-state index in [1.807, 2.05) is 51.2 Å². The lowest BCUT2D eigenvalue weighted by molar-refractivity contribution is -0.143. The predicted octanol–water partition coefficient (Wildman–Crippen LogP) is 6.93. The number of aryl methyl sites for hydroxylation is 1. The van der Waals surface area contributed by atoms with E-state index in [2.05, 4.69) is 60.3 Å². The molecule has 0 radical (unpaired) electrons. The van der Waals surface area contributed by atoms with E-state index in [0.717, 1.165) is 45.7 Å². The third-order valence-electron chi connectivity index (χ3n) is 13.7. The molecule has 2 saturated heterocycles. The number of carbonyl (C=O) groups is 5. The van der Waals surface area contributed by atoms with Crippen molar-refractivity contribution in [3.05, 3.63) is 71.7 Å². The van der Waals surface area contributed by atoms with Crippen LogP contribution in [0.5, 0.6) is 0 Å². The number of ether oxygens (including phenoxy) is 1. The summed E-state index contributed by atoms with van der Waals surface area (Å²) in [4.78, 5) is 84.7. The van der Waals surface area contributed by atoms with Crippen molar-refractivity contribution in [1.82, 2.24) is 45.0 Å². The quantitative estimate of drug-likeness (QED) is 0.182. The molecule has 6 bridgehead atoms. The van der Waals surface area contributed by atoms with Gasteiger partial charge in [-0.15, -0.1) is 0 Å². The van der Waals surface area contributed by atoms with E-state index in [9.17, 15) is 24.0 Å². The van der Waals surface area contributed by atoms with Crippen molar-refractivity contribution < 1.29 is 28.7 Å². The first-order valence-corrected chi connectivity index (χ1v) is 23.8. The molecule has 0 spiro atoms. The van der Waals surface area contributed by atoms with Crippen molar-refractivity contribution in [2.45, 2.75) is 131 Å². The molecule has 15 nitrogen and oxygen atoms in total. The number of rotatable bonds is 9. The summed E-state index contributed by atoms with van der Waals surface area (Å²) in [5.74, 6) is -1.17. The van der Waals surface area contributed by atoms with Crippen LogP contribution >= 0.6 is 0 Å². The number of likely N-dealkylation sites (N-methyl/N-ethyl adjacent to an activating group) is 1. The molecule has 3 aliphatic rings. The van der Waals surface area contributed by atoms with Crippen molar-refractivity contribution in [3.8, 4) is 22.5 Å². The van der Waals surface area contributed by atoms with E-state index >= 15 is 0 Å². The SMILES string of the molecule is CCC(=O)N1CCCN(C(=O)N(C)[C@H](C(=O)N[C@H]2Cc3cccc(n3)-c3ccc4c(c3)c(c(-c3cccnc3[C@H](C)OC)n4CC)CC(C)(C)CCC(=O)[C@@H]3CCCN(N3)C2=O)C(C)C)C1. The van der Waals surface area contributed by atoms with E-state index < -0.39 is 24.0 Å². The van der Waals surface area contributed by atoms with Crippen LogP contribution < -0.4 is 10.7 Å². The molecule has 1 aromatic carbocycles. The fraction of sp³-hybridized carbons (Fsp3) is 0.549. The van der Waals surface area contributed by atoms with Crippen molar-refractivity contribution in [3.63, 3.8) is 0 Å². The highest BCUT2D eigenvalue weighted by Gasteiger charge is 2.39. The van der Waals surface area contributed by atoms with Crippen molar-refractivity contribution in [2.75, 3.05) is 40.5 Å². The number of urea groups is 1. The average molecular weight is 904 g/mol. The van der Waals surface area contributed by atoms with Gasteiger partial charge < -0.3 is 29.3 Å². The van der Waals surface area contributed by atoms with Gasteiger partial charge in [-0.25, -0.2) is 10.2 Å². The van der Waals surface area contributed by atoms with E-state index in [4.69, 9.17) is 14.7 Å². The average Bonchev–Trinajstić information content (AvgIpc) is 3.62. The number of methoxy groups -OCH3 is 1. The minimum atomic E-state index is -1.07. The number of nitrogens with zero attached hydrogens (tertiary/aromatic N) is 7. The number of hydrogen-bond donors (Lipinski definition) is 2. The third-order valence-corrected chi connectivity index (χ3v) is 13.7. The number of amides is 5. The highest BCUT2D eigenvalue weighted by Crippen LogP contribution is 2.42. The lowest BCUT2D eigenvalue weighted by Crippen LogP contribution is -2.62. The molecule has 6 heterocycles. The van der Waals surface area contributed by atoms with Gasteiger partial charge in [-0.05, 0) is 99.2 Å². The summed E-state index contributed by atoms with van der Waals surface area (Å²) in [6, 6.07) is 13.3. The fourth-order valence-corrected chi connectivity index (χ4v) is 10.1. The van der Waals surface area contributed by atoms with Crippen LogP contribution in [0, 0.1) is 11.3 Å². The van der Waals surface area contributed by atoms with Gasteiger partial charge in [0.1, 0.15) is 12.1 Å². The van der Waals surface area contributed by atoms with Crippen LogP contribution in [-0.2, 0) is 43.3 Å². The van der Waals surface area contributed by atoms with Crippen LogP contribution in [-0.4, -0.2) is 122 Å². The van der Waals surface area contributed by atoms with Crippen LogP contribution in [0.3, 0.4) is 0 Å². The minimum Gasteiger partial charge on any atom is -0.375 e. The Labute approximate surface area is 389 Å². The largest absolute Gasteiger partial charge is 0.375 e. The number of aromatic nitrogens is 3. The first kappa shape index (κ1) is 48.3. The van der Waals surface area contributed by atoms with Crippen LogP contribution in [0.4, 0.5) is 4.79 Å². The topological polar surface area (TPSA) is 162 Å². The van der Waals surface area contributed by atoms with Crippen LogP contribution in [0.25, 0.3) is 33.4 Å². The van der Waals surface area contributed by atoms with Gasteiger partial charge in [0, 0.05) is 93.5 Å². The lowest BCUT2D eigenvalue weighted by Gasteiger charge is -2.40. The second-order valence-electron chi connectivity index (χ2n) is 19.4. The maximum absolute atomic E-state index is 14.7. The second kappa shape index (κ2) is 20.5. The molecular weight excluding hydrogens is 835 g/mol. The monoisotopic (exact) mass is 904 g/mol. The Morgan fingerprint density at radius 2 is 1.77 bits per heavy atom. The highest BCUT2D eigenvalue weighted by atomic mass is 16.5. The first-order valence-electron chi connectivity index (χ1n) is 23.8. The molecule has 7 rings (SSSR count). The first-order chi connectivity index (χ1) is 31.5. The van der Waals surface area contributed by atoms with E-state index in [1.165, 1.54) is 15.5 Å². The third kappa shape index (κ3) is 10.2. The summed E-state index contributed by atoms with van der Waals surface area (Å²) < 4.78 is 8.19. The van der Waals surface area contributed by atoms with Gasteiger partial charge in [0.15, 0.2) is 5.78 Å². The number of benzene rings is 1. The second-order valence-corrected chi connectivity index (χ2v) is 19.4. The number of hydrazine groups is 1. The molecule has 66 heavy (non-hydrogen) atoms. The molecule has 3 aliphatic heterocycles. The maximum Gasteiger partial charge on any atom is 0.321 e. The molecule has 0 aliphatic carbocycles. The molecule has 2 N–H and O–H groups in total. The van der Waals surface area contributed by atoms with Crippen LogP contribution in [0.2, 0.25) is 0 Å². The van der Waals surface area contributed by atoms with Gasteiger partial charge in [0.05, 0.1) is 35.9 Å². The van der Waals surface area contributed by atoms with Gasteiger partial charge in [-0.1, -0.05) is 46.8 Å². The molecule has 4 aromatic rings. The molecule has 4 atom stereocenters. The Balaban J connectivity index is 1.28. The number of pyridine rings is 2. The molecule has 15 heteroatoms. The Kier molecular flexibility index (Phi) is 15.0. The summed E-state index contributed by atoms with van der Waals surface area (Å²) in [6.07, 6.45) is 5.46. The maximum atomic E-state index is 14.7. The van der Waals surface area contributed by atoms with Gasteiger partial charge in [0.2, 0.25) is 11.8 Å². The number of nitrogens with one attached hydrogen (secondary N) is 2. The Morgan fingerprint density at radius 1 is 1.00 bits per heavy atom.